The Kier molecular flexibility index (Phi) is 6.50. The minimum atomic E-state index is -0.949. The molecule has 1 aliphatic carbocycles. The average Bonchev–Trinajstić information content (AvgIpc) is 3.22. The predicted molar refractivity (Wildman–Crippen MR) is 107 cm³/mol. The Labute approximate surface area is 170 Å². The van der Waals surface area contributed by atoms with E-state index in [-0.39, 0.29) is 25.1 Å². The summed E-state index contributed by atoms with van der Waals surface area (Å²) in [5, 5.41) is 12.1. The summed E-state index contributed by atoms with van der Waals surface area (Å²) in [5.74, 6) is -0.184. The largest absolute Gasteiger partial charge is 0.489 e. The van der Waals surface area contributed by atoms with Gasteiger partial charge in [0.25, 0.3) is 5.91 Å². The molecule has 1 saturated carbocycles. The molecule has 0 radical (unpaired) electrons. The Morgan fingerprint density at radius 2 is 1.90 bits per heavy atom. The number of nitriles is 1. The van der Waals surface area contributed by atoms with Crippen molar-refractivity contribution in [3.63, 3.8) is 0 Å². The SMILES string of the molecule is CCOC(=O)C1(NC(=O)c2cccc(OCc3ccccc3C#N)c2)CCCC1. The second-order valence-corrected chi connectivity index (χ2v) is 7.05. The van der Waals surface area contributed by atoms with Gasteiger partial charge in [0.1, 0.15) is 17.9 Å². The third-order valence-corrected chi connectivity index (χ3v) is 5.10. The van der Waals surface area contributed by atoms with Crippen LogP contribution in [-0.4, -0.2) is 24.0 Å². The summed E-state index contributed by atoms with van der Waals surface area (Å²) in [7, 11) is 0. The highest BCUT2D eigenvalue weighted by molar-refractivity contribution is 5.98. The molecule has 0 saturated heterocycles. The normalized spacial score (nSPS) is 14.6. The molecule has 3 rings (SSSR count). The minimum absolute atomic E-state index is 0.224. The van der Waals surface area contributed by atoms with E-state index in [4.69, 9.17) is 9.47 Å². The molecule has 1 fully saturated rings. The molecule has 0 heterocycles. The van der Waals surface area contributed by atoms with Crippen molar-refractivity contribution in [2.75, 3.05) is 6.61 Å². The van der Waals surface area contributed by atoms with Crippen LogP contribution in [-0.2, 0) is 16.1 Å². The van der Waals surface area contributed by atoms with Crippen molar-refractivity contribution in [1.29, 1.82) is 5.26 Å². The summed E-state index contributed by atoms with van der Waals surface area (Å²) in [6.45, 7) is 2.26. The summed E-state index contributed by atoms with van der Waals surface area (Å²) in [6.07, 6.45) is 2.92. The first-order valence-electron chi connectivity index (χ1n) is 9.78. The molecule has 1 aliphatic rings. The van der Waals surface area contributed by atoms with Crippen molar-refractivity contribution >= 4 is 11.9 Å². The number of ether oxygens (including phenoxy) is 2. The summed E-state index contributed by atoms with van der Waals surface area (Å²) >= 11 is 0. The summed E-state index contributed by atoms with van der Waals surface area (Å²) in [5.41, 5.74) is 0.790. The second kappa shape index (κ2) is 9.24. The average molecular weight is 392 g/mol. The molecule has 1 N–H and O–H groups in total. The molecule has 6 nitrogen and oxygen atoms in total. The van der Waals surface area contributed by atoms with Crippen LogP contribution in [0, 0.1) is 11.3 Å². The number of carbonyl (C=O) groups is 2. The zero-order chi connectivity index (χ0) is 20.7. The lowest BCUT2D eigenvalue weighted by molar-refractivity contribution is -0.150. The van der Waals surface area contributed by atoms with Gasteiger partial charge in [0.05, 0.1) is 18.2 Å². The van der Waals surface area contributed by atoms with Crippen molar-refractivity contribution in [2.45, 2.75) is 44.8 Å². The van der Waals surface area contributed by atoms with Gasteiger partial charge in [-0.2, -0.15) is 5.26 Å². The molecule has 0 aliphatic heterocycles. The predicted octanol–water partition coefficient (Wildman–Crippen LogP) is 3.74. The molecule has 0 spiro atoms. The van der Waals surface area contributed by atoms with Crippen LogP contribution < -0.4 is 10.1 Å². The van der Waals surface area contributed by atoms with Gasteiger partial charge in [0.15, 0.2) is 0 Å². The van der Waals surface area contributed by atoms with E-state index in [1.54, 1.807) is 43.3 Å². The van der Waals surface area contributed by atoms with Crippen LogP contribution in [0.5, 0.6) is 5.75 Å². The highest BCUT2D eigenvalue weighted by atomic mass is 16.5. The number of carbonyl (C=O) groups excluding carboxylic acids is 2. The van der Waals surface area contributed by atoms with Crippen LogP contribution in [0.15, 0.2) is 48.5 Å². The van der Waals surface area contributed by atoms with Gasteiger partial charge < -0.3 is 14.8 Å². The standard InChI is InChI=1S/C23H24N2O4/c1-2-28-22(27)23(12-5-6-13-23)25-21(26)17-10-7-11-20(14-17)29-16-19-9-4-3-8-18(19)15-24/h3-4,7-11,14H,2,5-6,12-13,16H2,1H3,(H,25,26). The third kappa shape index (κ3) is 4.75. The van der Waals surface area contributed by atoms with E-state index in [1.165, 1.54) is 0 Å². The summed E-state index contributed by atoms with van der Waals surface area (Å²) in [6, 6.07) is 16.2. The van der Waals surface area contributed by atoms with E-state index in [1.807, 2.05) is 12.1 Å². The van der Waals surface area contributed by atoms with Gasteiger partial charge in [0.2, 0.25) is 0 Å². The molecule has 150 valence electrons. The van der Waals surface area contributed by atoms with Crippen molar-refractivity contribution in [3.8, 4) is 11.8 Å². The highest BCUT2D eigenvalue weighted by Gasteiger charge is 2.44. The summed E-state index contributed by atoms with van der Waals surface area (Å²) in [4.78, 5) is 25.3. The first-order chi connectivity index (χ1) is 14.1. The Morgan fingerprint density at radius 1 is 1.14 bits per heavy atom. The fourth-order valence-corrected chi connectivity index (χ4v) is 3.56. The van der Waals surface area contributed by atoms with E-state index in [0.717, 1.165) is 18.4 Å². The molecule has 0 bridgehead atoms. The molecule has 0 unspecified atom stereocenters. The topological polar surface area (TPSA) is 88.4 Å². The first-order valence-corrected chi connectivity index (χ1v) is 9.78. The summed E-state index contributed by atoms with van der Waals surface area (Å²) < 4.78 is 11.0. The maximum absolute atomic E-state index is 12.8. The molecule has 1 amide bonds. The molecular weight excluding hydrogens is 368 g/mol. The fraction of sp³-hybridized carbons (Fsp3) is 0.348. The van der Waals surface area contributed by atoms with Gasteiger partial charge >= 0.3 is 5.97 Å². The van der Waals surface area contributed by atoms with Crippen LogP contribution in [0.3, 0.4) is 0 Å². The number of amides is 1. The van der Waals surface area contributed by atoms with E-state index in [9.17, 15) is 14.9 Å². The number of esters is 1. The van der Waals surface area contributed by atoms with E-state index >= 15 is 0 Å². The number of nitrogens with one attached hydrogen (secondary N) is 1. The van der Waals surface area contributed by atoms with Gasteiger partial charge in [-0.3, -0.25) is 4.79 Å². The zero-order valence-corrected chi connectivity index (χ0v) is 16.4. The quantitative estimate of drug-likeness (QED) is 0.725. The lowest BCUT2D eigenvalue weighted by atomic mass is 9.97. The Morgan fingerprint density at radius 3 is 2.62 bits per heavy atom. The Hall–Kier alpha value is -3.33. The molecule has 0 aromatic heterocycles. The Balaban J connectivity index is 1.70. The van der Waals surface area contributed by atoms with E-state index in [0.29, 0.717) is 29.7 Å². The van der Waals surface area contributed by atoms with Gasteiger partial charge in [-0.05, 0) is 44.0 Å². The maximum atomic E-state index is 12.8. The number of nitrogens with zero attached hydrogens (tertiary/aromatic N) is 1. The maximum Gasteiger partial charge on any atom is 0.331 e. The molecule has 2 aromatic rings. The monoisotopic (exact) mass is 392 g/mol. The number of rotatable bonds is 7. The first kappa shape index (κ1) is 20.4. The van der Waals surface area contributed by atoms with Crippen molar-refractivity contribution < 1.29 is 19.1 Å². The minimum Gasteiger partial charge on any atom is -0.489 e. The van der Waals surface area contributed by atoms with Gasteiger partial charge in [0, 0.05) is 11.1 Å². The number of benzene rings is 2. The Bertz CT molecular complexity index is 926. The van der Waals surface area contributed by atoms with Crippen molar-refractivity contribution in [1.82, 2.24) is 5.32 Å². The van der Waals surface area contributed by atoms with Crippen LogP contribution in [0.25, 0.3) is 0 Å². The number of hydrogen-bond donors (Lipinski definition) is 1. The fourth-order valence-electron chi connectivity index (χ4n) is 3.56. The van der Waals surface area contributed by atoms with E-state index < -0.39 is 5.54 Å². The van der Waals surface area contributed by atoms with Gasteiger partial charge in [-0.25, -0.2) is 4.79 Å². The van der Waals surface area contributed by atoms with E-state index in [2.05, 4.69) is 11.4 Å². The van der Waals surface area contributed by atoms with Gasteiger partial charge in [-0.15, -0.1) is 0 Å². The molecule has 0 atom stereocenters. The highest BCUT2D eigenvalue weighted by Crippen LogP contribution is 2.31. The molecular formula is C23H24N2O4. The van der Waals surface area contributed by atoms with Crippen LogP contribution in [0.4, 0.5) is 0 Å². The van der Waals surface area contributed by atoms with Gasteiger partial charge in [-0.1, -0.05) is 37.1 Å². The van der Waals surface area contributed by atoms with Crippen LogP contribution in [0.2, 0.25) is 0 Å². The van der Waals surface area contributed by atoms with Crippen LogP contribution >= 0.6 is 0 Å². The molecule has 2 aromatic carbocycles. The van der Waals surface area contributed by atoms with Crippen LogP contribution in [0.1, 0.15) is 54.1 Å². The molecule has 29 heavy (non-hydrogen) atoms. The lowest BCUT2D eigenvalue weighted by Crippen LogP contribution is -2.53. The zero-order valence-electron chi connectivity index (χ0n) is 16.4. The molecule has 6 heteroatoms. The van der Waals surface area contributed by atoms with Crippen molar-refractivity contribution in [2.24, 2.45) is 0 Å². The number of hydrogen-bond acceptors (Lipinski definition) is 5. The smallest absolute Gasteiger partial charge is 0.331 e. The van der Waals surface area contributed by atoms with Crippen molar-refractivity contribution in [3.05, 3.63) is 65.2 Å². The second-order valence-electron chi connectivity index (χ2n) is 7.05. The lowest BCUT2D eigenvalue weighted by Gasteiger charge is -2.27. The third-order valence-electron chi connectivity index (χ3n) is 5.10.